The zero-order valence-corrected chi connectivity index (χ0v) is 10.2. The molecule has 0 bridgehead atoms. The van der Waals surface area contributed by atoms with Gasteiger partial charge in [-0.15, -0.1) is 5.10 Å². The van der Waals surface area contributed by atoms with E-state index < -0.39 is 11.7 Å². The summed E-state index contributed by atoms with van der Waals surface area (Å²) in [6.07, 6.45) is -2.76. The van der Waals surface area contributed by atoms with Crippen molar-refractivity contribution in [1.82, 2.24) is 20.0 Å². The van der Waals surface area contributed by atoms with Crippen molar-refractivity contribution in [2.75, 3.05) is 0 Å². The Morgan fingerprint density at radius 1 is 1.10 bits per heavy atom. The molecule has 7 heteroatoms. The lowest BCUT2D eigenvalue weighted by Crippen LogP contribution is -2.07. The fraction of sp³-hybridized carbons (Fsp3) is 0.154. The average Bonchev–Trinajstić information content (AvgIpc) is 2.82. The minimum absolute atomic E-state index is 0.192. The molecule has 0 aliphatic rings. The summed E-state index contributed by atoms with van der Waals surface area (Å²) in [6.45, 7) is 0.192. The molecule has 0 aliphatic heterocycles. The van der Waals surface area contributed by atoms with Crippen molar-refractivity contribution < 1.29 is 13.2 Å². The van der Waals surface area contributed by atoms with Gasteiger partial charge < -0.3 is 0 Å². The molecule has 0 spiro atoms. The molecule has 3 aromatic rings. The number of fused-ring (bicyclic) bond motifs is 1. The SMILES string of the molecule is FC(F)(F)c1cccc(Cn2nnc3cccnc32)c1. The first-order valence-electron chi connectivity index (χ1n) is 5.84. The normalized spacial score (nSPS) is 11.9. The topological polar surface area (TPSA) is 43.6 Å². The van der Waals surface area contributed by atoms with Gasteiger partial charge >= 0.3 is 6.18 Å². The van der Waals surface area contributed by atoms with Gasteiger partial charge in [0, 0.05) is 6.20 Å². The van der Waals surface area contributed by atoms with Gasteiger partial charge in [0.15, 0.2) is 5.65 Å². The summed E-state index contributed by atoms with van der Waals surface area (Å²) >= 11 is 0. The fourth-order valence-corrected chi connectivity index (χ4v) is 1.94. The molecule has 3 rings (SSSR count). The Labute approximate surface area is 111 Å². The van der Waals surface area contributed by atoms with Crippen LogP contribution in [0.2, 0.25) is 0 Å². The maximum atomic E-state index is 12.7. The molecule has 0 radical (unpaired) electrons. The Bertz CT molecular complexity index is 748. The third-order valence-corrected chi connectivity index (χ3v) is 2.86. The van der Waals surface area contributed by atoms with Crippen LogP contribution >= 0.6 is 0 Å². The summed E-state index contributed by atoms with van der Waals surface area (Å²) in [5.41, 5.74) is 0.981. The smallest absolute Gasteiger partial charge is 0.235 e. The zero-order valence-electron chi connectivity index (χ0n) is 10.2. The first-order valence-corrected chi connectivity index (χ1v) is 5.84. The Kier molecular flexibility index (Phi) is 2.89. The summed E-state index contributed by atoms with van der Waals surface area (Å²) in [7, 11) is 0. The number of alkyl halides is 3. The highest BCUT2D eigenvalue weighted by Crippen LogP contribution is 2.29. The lowest BCUT2D eigenvalue weighted by molar-refractivity contribution is -0.137. The van der Waals surface area contributed by atoms with Crippen molar-refractivity contribution >= 4 is 11.2 Å². The van der Waals surface area contributed by atoms with Crippen LogP contribution in [-0.4, -0.2) is 20.0 Å². The molecular weight excluding hydrogens is 269 g/mol. The summed E-state index contributed by atoms with van der Waals surface area (Å²) in [5.74, 6) is 0. The zero-order chi connectivity index (χ0) is 14.2. The van der Waals surface area contributed by atoms with Gasteiger partial charge in [-0.2, -0.15) is 13.2 Å². The second kappa shape index (κ2) is 4.59. The second-order valence-electron chi connectivity index (χ2n) is 4.29. The molecule has 102 valence electrons. The third-order valence-electron chi connectivity index (χ3n) is 2.86. The van der Waals surface area contributed by atoms with Crippen molar-refractivity contribution in [3.63, 3.8) is 0 Å². The van der Waals surface area contributed by atoms with E-state index in [4.69, 9.17) is 0 Å². The lowest BCUT2D eigenvalue weighted by atomic mass is 10.1. The van der Waals surface area contributed by atoms with Crippen LogP contribution in [0.5, 0.6) is 0 Å². The summed E-state index contributed by atoms with van der Waals surface area (Å²) in [5, 5.41) is 7.82. The number of rotatable bonds is 2. The maximum Gasteiger partial charge on any atom is 0.416 e. The first-order chi connectivity index (χ1) is 9.54. The molecular formula is C13H9F3N4. The molecule has 1 aromatic carbocycles. The van der Waals surface area contributed by atoms with Crippen molar-refractivity contribution in [1.29, 1.82) is 0 Å². The van der Waals surface area contributed by atoms with Crippen LogP contribution in [0.25, 0.3) is 11.2 Å². The molecule has 0 saturated carbocycles. The highest BCUT2D eigenvalue weighted by atomic mass is 19.4. The number of hydrogen-bond donors (Lipinski definition) is 0. The van der Waals surface area contributed by atoms with E-state index in [0.29, 0.717) is 16.7 Å². The van der Waals surface area contributed by atoms with Gasteiger partial charge in [-0.05, 0) is 29.8 Å². The Balaban J connectivity index is 1.95. The molecule has 0 atom stereocenters. The van der Waals surface area contributed by atoms with Crippen molar-refractivity contribution in [2.45, 2.75) is 12.7 Å². The van der Waals surface area contributed by atoms with Crippen molar-refractivity contribution in [3.05, 3.63) is 53.7 Å². The molecule has 0 amide bonds. The predicted octanol–water partition coefficient (Wildman–Crippen LogP) is 2.89. The van der Waals surface area contributed by atoms with E-state index >= 15 is 0 Å². The van der Waals surface area contributed by atoms with E-state index in [-0.39, 0.29) is 6.54 Å². The van der Waals surface area contributed by atoms with E-state index in [2.05, 4.69) is 15.3 Å². The van der Waals surface area contributed by atoms with Gasteiger partial charge in [-0.3, -0.25) is 0 Å². The van der Waals surface area contributed by atoms with Crippen LogP contribution < -0.4 is 0 Å². The minimum atomic E-state index is -4.35. The monoisotopic (exact) mass is 278 g/mol. The molecule has 0 N–H and O–H groups in total. The minimum Gasteiger partial charge on any atom is -0.235 e. The quantitative estimate of drug-likeness (QED) is 0.724. The summed E-state index contributed by atoms with van der Waals surface area (Å²) < 4.78 is 39.4. The third kappa shape index (κ3) is 2.34. The van der Waals surface area contributed by atoms with Crippen LogP contribution in [0.4, 0.5) is 13.2 Å². The summed E-state index contributed by atoms with van der Waals surface area (Å²) in [6, 6.07) is 8.62. The molecule has 2 heterocycles. The Morgan fingerprint density at radius 3 is 2.75 bits per heavy atom. The van der Waals surface area contributed by atoms with Crippen LogP contribution in [0, 0.1) is 0 Å². The Hall–Kier alpha value is -2.44. The molecule has 0 saturated heterocycles. The average molecular weight is 278 g/mol. The van der Waals surface area contributed by atoms with E-state index in [0.717, 1.165) is 12.1 Å². The van der Waals surface area contributed by atoms with Crippen LogP contribution in [0.15, 0.2) is 42.6 Å². The van der Waals surface area contributed by atoms with Gasteiger partial charge in [0.25, 0.3) is 0 Å². The number of pyridine rings is 1. The largest absolute Gasteiger partial charge is 0.416 e. The van der Waals surface area contributed by atoms with Gasteiger partial charge in [0.2, 0.25) is 0 Å². The number of hydrogen-bond acceptors (Lipinski definition) is 3. The Morgan fingerprint density at radius 2 is 1.95 bits per heavy atom. The maximum absolute atomic E-state index is 12.7. The van der Waals surface area contributed by atoms with E-state index in [1.54, 1.807) is 24.4 Å². The predicted molar refractivity (Wildman–Crippen MR) is 65.9 cm³/mol. The second-order valence-corrected chi connectivity index (χ2v) is 4.29. The van der Waals surface area contributed by atoms with Gasteiger partial charge in [0.05, 0.1) is 12.1 Å². The lowest BCUT2D eigenvalue weighted by Gasteiger charge is -2.08. The van der Waals surface area contributed by atoms with Gasteiger partial charge in [-0.1, -0.05) is 17.3 Å². The highest BCUT2D eigenvalue weighted by Gasteiger charge is 2.30. The van der Waals surface area contributed by atoms with Crippen LogP contribution in [0.3, 0.4) is 0 Å². The molecule has 20 heavy (non-hydrogen) atoms. The number of nitrogens with zero attached hydrogens (tertiary/aromatic N) is 4. The summed E-state index contributed by atoms with van der Waals surface area (Å²) in [4.78, 5) is 4.12. The van der Waals surface area contributed by atoms with E-state index in [1.165, 1.54) is 10.7 Å². The van der Waals surface area contributed by atoms with Gasteiger partial charge in [0.1, 0.15) is 5.52 Å². The first kappa shape index (κ1) is 12.6. The molecule has 0 aliphatic carbocycles. The molecule has 2 aromatic heterocycles. The van der Waals surface area contributed by atoms with Crippen molar-refractivity contribution in [2.24, 2.45) is 0 Å². The number of halogens is 3. The van der Waals surface area contributed by atoms with Crippen molar-refractivity contribution in [3.8, 4) is 0 Å². The van der Waals surface area contributed by atoms with Crippen LogP contribution in [0.1, 0.15) is 11.1 Å². The molecule has 4 nitrogen and oxygen atoms in total. The number of aromatic nitrogens is 4. The molecule has 0 fully saturated rings. The van der Waals surface area contributed by atoms with E-state index in [1.807, 2.05) is 0 Å². The highest BCUT2D eigenvalue weighted by molar-refractivity contribution is 5.68. The van der Waals surface area contributed by atoms with Gasteiger partial charge in [-0.25, -0.2) is 9.67 Å². The van der Waals surface area contributed by atoms with Crippen LogP contribution in [-0.2, 0) is 12.7 Å². The van der Waals surface area contributed by atoms with E-state index in [9.17, 15) is 13.2 Å². The fourth-order valence-electron chi connectivity index (χ4n) is 1.94. The number of benzene rings is 1. The standard InChI is InChI=1S/C13H9F3N4/c14-13(15,16)10-4-1-3-9(7-10)8-20-12-11(18-19-20)5-2-6-17-12/h1-7H,8H2. The molecule has 0 unspecified atom stereocenters.